The molecule has 0 bridgehead atoms. The summed E-state index contributed by atoms with van der Waals surface area (Å²) in [6.45, 7) is 4.51. The Labute approximate surface area is 208 Å². The summed E-state index contributed by atoms with van der Waals surface area (Å²) >= 11 is 6.43. The molecular formula is C25H26ClN3O6. The van der Waals surface area contributed by atoms with E-state index in [4.69, 9.17) is 25.8 Å². The Morgan fingerprint density at radius 3 is 2.69 bits per heavy atom. The molecule has 2 amide bonds. The maximum absolute atomic E-state index is 13.5. The van der Waals surface area contributed by atoms with Crippen LogP contribution in [0.15, 0.2) is 47.5 Å². The van der Waals surface area contributed by atoms with E-state index in [1.54, 1.807) is 17.0 Å². The first-order valence-corrected chi connectivity index (χ1v) is 11.6. The zero-order chi connectivity index (χ0) is 24.9. The molecule has 2 aliphatic rings. The molecule has 2 aromatic rings. The van der Waals surface area contributed by atoms with Crippen LogP contribution in [0.2, 0.25) is 5.02 Å². The Hall–Kier alpha value is -3.59. The van der Waals surface area contributed by atoms with Crippen LogP contribution >= 0.6 is 11.6 Å². The number of nitrogens with zero attached hydrogens (tertiary/aromatic N) is 3. The number of carbonyl (C=O) groups excluding carboxylic acids is 3. The van der Waals surface area contributed by atoms with Gasteiger partial charge in [-0.15, -0.1) is 0 Å². The molecule has 184 valence electrons. The van der Waals surface area contributed by atoms with Crippen molar-refractivity contribution >= 4 is 41.0 Å². The number of hydrogen-bond acceptors (Lipinski definition) is 7. The van der Waals surface area contributed by atoms with E-state index in [9.17, 15) is 14.4 Å². The summed E-state index contributed by atoms with van der Waals surface area (Å²) in [5, 5.41) is 0.189. The Balaban J connectivity index is 1.52. The number of esters is 1. The largest absolute Gasteiger partial charge is 0.490 e. The number of anilines is 1. The van der Waals surface area contributed by atoms with Gasteiger partial charge in [0.05, 0.1) is 23.7 Å². The molecule has 0 spiro atoms. The maximum Gasteiger partial charge on any atom is 0.302 e. The van der Waals surface area contributed by atoms with Crippen molar-refractivity contribution < 1.29 is 28.6 Å². The van der Waals surface area contributed by atoms with E-state index in [2.05, 4.69) is 4.99 Å². The van der Waals surface area contributed by atoms with Crippen molar-refractivity contribution in [2.24, 2.45) is 4.99 Å². The highest BCUT2D eigenvalue weighted by Crippen LogP contribution is 2.30. The molecule has 1 unspecified atom stereocenters. The highest BCUT2D eigenvalue weighted by molar-refractivity contribution is 6.34. The molecule has 2 aliphatic heterocycles. The number of ether oxygens (including phenoxy) is 3. The zero-order valence-electron chi connectivity index (χ0n) is 19.5. The highest BCUT2D eigenvalue weighted by atomic mass is 35.5. The summed E-state index contributed by atoms with van der Waals surface area (Å²) in [5.74, 6) is -0.0508. The average molecular weight is 500 g/mol. The fourth-order valence-electron chi connectivity index (χ4n) is 3.88. The predicted octanol–water partition coefficient (Wildman–Crippen LogP) is 3.09. The standard InChI is InChI=1S/C25H26ClN3O6/c1-16-12-27-23(35-16)14-28-13-18-5-3-4-6-22(18)29(15-24(28)31)25(32)20-8-7-19(11-21(20)26)34-10-9-33-17(2)30/h3-8,11,16H,9-10,12-15H2,1-2H3. The van der Waals surface area contributed by atoms with Crippen LogP contribution in [0, 0.1) is 0 Å². The Morgan fingerprint density at radius 1 is 1.17 bits per heavy atom. The molecule has 1 atom stereocenters. The third-order valence-electron chi connectivity index (χ3n) is 5.55. The smallest absolute Gasteiger partial charge is 0.302 e. The first-order chi connectivity index (χ1) is 16.8. The normalized spacial score (nSPS) is 17.3. The molecule has 0 saturated heterocycles. The number of amides is 2. The van der Waals surface area contributed by atoms with Crippen molar-refractivity contribution in [2.75, 3.05) is 37.7 Å². The average Bonchev–Trinajstić information content (AvgIpc) is 3.18. The van der Waals surface area contributed by atoms with Gasteiger partial charge in [0.25, 0.3) is 5.91 Å². The van der Waals surface area contributed by atoms with Gasteiger partial charge in [0.2, 0.25) is 11.8 Å². The molecule has 35 heavy (non-hydrogen) atoms. The molecule has 4 rings (SSSR count). The number of carbonyl (C=O) groups is 3. The van der Waals surface area contributed by atoms with E-state index in [1.165, 1.54) is 17.9 Å². The monoisotopic (exact) mass is 499 g/mol. The lowest BCUT2D eigenvalue weighted by atomic mass is 10.1. The second kappa shape index (κ2) is 10.8. The van der Waals surface area contributed by atoms with Crippen molar-refractivity contribution in [1.82, 2.24) is 4.90 Å². The van der Waals surface area contributed by atoms with Crippen LogP contribution < -0.4 is 9.64 Å². The second-order valence-electron chi connectivity index (χ2n) is 8.26. The van der Waals surface area contributed by atoms with Gasteiger partial charge in [0.1, 0.15) is 31.6 Å². The van der Waals surface area contributed by atoms with Gasteiger partial charge >= 0.3 is 5.97 Å². The van der Waals surface area contributed by atoms with Crippen molar-refractivity contribution in [3.8, 4) is 5.75 Å². The summed E-state index contributed by atoms with van der Waals surface area (Å²) in [7, 11) is 0. The Morgan fingerprint density at radius 2 is 1.97 bits per heavy atom. The second-order valence-corrected chi connectivity index (χ2v) is 8.67. The number of aliphatic imine (C=N–C) groups is 1. The van der Waals surface area contributed by atoms with E-state index in [0.29, 0.717) is 30.4 Å². The molecule has 0 aliphatic carbocycles. The maximum atomic E-state index is 13.5. The summed E-state index contributed by atoms with van der Waals surface area (Å²) in [6.07, 6.45) is -0.00630. The topological polar surface area (TPSA) is 97.7 Å². The van der Waals surface area contributed by atoms with E-state index in [0.717, 1.165) is 5.56 Å². The van der Waals surface area contributed by atoms with E-state index < -0.39 is 11.9 Å². The predicted molar refractivity (Wildman–Crippen MR) is 130 cm³/mol. The minimum atomic E-state index is -0.396. The zero-order valence-corrected chi connectivity index (χ0v) is 20.3. The van der Waals surface area contributed by atoms with Gasteiger partial charge in [0, 0.05) is 19.2 Å². The summed E-state index contributed by atoms with van der Waals surface area (Å²) in [6, 6.07) is 12.1. The third-order valence-corrected chi connectivity index (χ3v) is 5.86. The van der Waals surface area contributed by atoms with Gasteiger partial charge in [-0.05, 0) is 36.8 Å². The fraction of sp³-hybridized carbons (Fsp3) is 0.360. The number of hydrogen-bond donors (Lipinski definition) is 0. The summed E-state index contributed by atoms with van der Waals surface area (Å²) in [4.78, 5) is 45.0. The molecule has 0 radical (unpaired) electrons. The molecule has 0 N–H and O–H groups in total. The molecule has 0 fully saturated rings. The lowest BCUT2D eigenvalue weighted by Crippen LogP contribution is -2.42. The SMILES string of the molecule is CC(=O)OCCOc1ccc(C(=O)N2CC(=O)N(CC3=NCC(C)O3)Cc3ccccc32)c(Cl)c1. The minimum absolute atomic E-state index is 0.00630. The molecule has 0 aromatic heterocycles. The number of halogens is 1. The molecule has 2 heterocycles. The van der Waals surface area contributed by atoms with Crippen LogP contribution in [-0.2, 0) is 25.6 Å². The number of para-hydroxylation sites is 1. The summed E-state index contributed by atoms with van der Waals surface area (Å²) < 4.78 is 16.0. The van der Waals surface area contributed by atoms with Crippen LogP contribution in [0.3, 0.4) is 0 Å². The van der Waals surface area contributed by atoms with E-state index in [-0.39, 0.29) is 48.9 Å². The lowest BCUT2D eigenvalue weighted by molar-refractivity contribution is -0.141. The molecule has 9 nitrogen and oxygen atoms in total. The van der Waals surface area contributed by atoms with Gasteiger partial charge in [-0.3, -0.25) is 24.3 Å². The third kappa shape index (κ3) is 5.92. The van der Waals surface area contributed by atoms with Gasteiger partial charge in [-0.1, -0.05) is 29.8 Å². The van der Waals surface area contributed by atoms with Gasteiger partial charge in [-0.25, -0.2) is 0 Å². The first kappa shape index (κ1) is 24.5. The number of benzene rings is 2. The van der Waals surface area contributed by atoms with Gasteiger partial charge in [-0.2, -0.15) is 0 Å². The van der Waals surface area contributed by atoms with Crippen LogP contribution in [-0.4, -0.2) is 67.5 Å². The van der Waals surface area contributed by atoms with Crippen LogP contribution in [0.1, 0.15) is 29.8 Å². The Bertz CT molecular complexity index is 1170. The van der Waals surface area contributed by atoms with Crippen LogP contribution in [0.25, 0.3) is 0 Å². The van der Waals surface area contributed by atoms with Gasteiger partial charge < -0.3 is 19.1 Å². The van der Waals surface area contributed by atoms with Crippen molar-refractivity contribution in [3.05, 3.63) is 58.6 Å². The molecule has 0 saturated carbocycles. The van der Waals surface area contributed by atoms with Crippen LogP contribution in [0.4, 0.5) is 5.69 Å². The molecule has 2 aromatic carbocycles. The van der Waals surface area contributed by atoms with E-state index in [1.807, 2.05) is 31.2 Å². The Kier molecular flexibility index (Phi) is 7.55. The van der Waals surface area contributed by atoms with Crippen molar-refractivity contribution in [3.63, 3.8) is 0 Å². The minimum Gasteiger partial charge on any atom is -0.490 e. The van der Waals surface area contributed by atoms with Crippen molar-refractivity contribution in [1.29, 1.82) is 0 Å². The van der Waals surface area contributed by atoms with Crippen molar-refractivity contribution in [2.45, 2.75) is 26.5 Å². The van der Waals surface area contributed by atoms with Gasteiger partial charge in [0.15, 0.2) is 0 Å². The molecule has 10 heteroatoms. The van der Waals surface area contributed by atoms with E-state index >= 15 is 0 Å². The number of fused-ring (bicyclic) bond motifs is 1. The molecular weight excluding hydrogens is 474 g/mol. The van der Waals surface area contributed by atoms with Crippen LogP contribution in [0.5, 0.6) is 5.75 Å². The quantitative estimate of drug-likeness (QED) is 0.429. The summed E-state index contributed by atoms with van der Waals surface area (Å²) in [5.41, 5.74) is 1.72. The lowest BCUT2D eigenvalue weighted by Gasteiger charge is -2.23. The number of rotatable bonds is 7. The fourth-order valence-corrected chi connectivity index (χ4v) is 4.14. The first-order valence-electron chi connectivity index (χ1n) is 11.2. The highest BCUT2D eigenvalue weighted by Gasteiger charge is 2.32.